The number of carboxylic acids is 4. The van der Waals surface area contributed by atoms with Gasteiger partial charge in [-0.2, -0.15) is 11.3 Å². The lowest BCUT2D eigenvalue weighted by atomic mass is 10.1. The first-order valence-electron chi connectivity index (χ1n) is 16.6. The summed E-state index contributed by atoms with van der Waals surface area (Å²) in [6, 6.07) is 32.7. The molecule has 8 rings (SSSR count). The predicted octanol–water partition coefficient (Wildman–Crippen LogP) is 11.0. The summed E-state index contributed by atoms with van der Waals surface area (Å²) in [6.07, 6.45) is 1.72. The van der Waals surface area contributed by atoms with E-state index in [9.17, 15) is 19.2 Å². The van der Waals surface area contributed by atoms with Crippen LogP contribution in [0.25, 0.3) is 21.8 Å². The number of nitrogens with zero attached hydrogens (tertiary/aromatic N) is 1. The second-order valence-electron chi connectivity index (χ2n) is 11.6. The Morgan fingerprint density at radius 2 is 1.46 bits per heavy atom. The monoisotopic (exact) mass is 841 g/mol. The summed E-state index contributed by atoms with van der Waals surface area (Å²) in [5.41, 5.74) is 3.39. The number of halogens is 1. The molecular weight excluding hydrogens is 810 g/mol. The lowest BCUT2D eigenvalue weighted by Gasteiger charge is -2.00. The molecule has 3 aromatic carbocycles. The molecule has 0 spiro atoms. The van der Waals surface area contributed by atoms with E-state index in [0.717, 1.165) is 42.2 Å². The number of H-pyrrole nitrogens is 2. The Morgan fingerprint density at radius 3 is 2.07 bits per heavy atom. The normalized spacial score (nSPS) is 10.4. The maximum absolute atomic E-state index is 10.9. The van der Waals surface area contributed by atoms with Gasteiger partial charge in [0.2, 0.25) is 5.76 Å². The number of aromatic nitrogens is 3. The summed E-state index contributed by atoms with van der Waals surface area (Å²) < 4.78 is 5.12. The molecule has 290 valence electrons. The summed E-state index contributed by atoms with van der Waals surface area (Å²) in [5.74, 6) is -2.60. The third kappa shape index (κ3) is 11.9. The van der Waals surface area contributed by atoms with Crippen molar-refractivity contribution in [2.75, 3.05) is 0 Å². The minimum atomic E-state index is -1.05. The predicted molar refractivity (Wildman–Crippen MR) is 222 cm³/mol. The number of para-hydroxylation sites is 2. The minimum Gasteiger partial charge on any atom is -0.478 e. The number of aromatic amines is 2. The zero-order chi connectivity index (χ0) is 40.9. The van der Waals surface area contributed by atoms with E-state index in [4.69, 9.17) is 36.4 Å². The number of hydrogen-bond acceptors (Lipinski definition) is 9. The Balaban J connectivity index is 0.000000146. The van der Waals surface area contributed by atoms with Gasteiger partial charge in [-0.25, -0.2) is 24.2 Å². The third-order valence-corrected chi connectivity index (χ3v) is 10.9. The lowest BCUT2D eigenvalue weighted by molar-refractivity contribution is 0.0655. The molecule has 0 radical (unpaired) electrons. The molecule has 12 nitrogen and oxygen atoms in total. The van der Waals surface area contributed by atoms with Crippen LogP contribution in [0.15, 0.2) is 145 Å². The number of furan rings is 1. The van der Waals surface area contributed by atoms with Crippen LogP contribution in [0.4, 0.5) is 0 Å². The standard InChI is InChI=1S/C11H7ClO2S2.C11H9NO3S.C10H9NO2.C9H7NO2/c12-7-1-3-8(4-2-7)16-10-6-15-5-9(10)11(13)14;13-11(14)9-5-4-8(15-9)7-16-10-3-1-2-6-12-10;1-6-7-4-2-3-5-8(7)11-9(6)10(12)13;11-9(12)8-5-6-3-1-2-4-7(6)10-8/h1-6H,(H,13,14);1-6H,7H2,(H,13,14);2-5,11H,1H3,(H,12,13);1-5,10H,(H,11,12). The number of fused-ring (bicyclic) bond motifs is 2. The summed E-state index contributed by atoms with van der Waals surface area (Å²) >= 11 is 10.1. The fraction of sp³-hybridized carbons (Fsp3) is 0.0488. The first kappa shape index (κ1) is 41.9. The van der Waals surface area contributed by atoms with Crippen molar-refractivity contribution in [3.05, 3.63) is 165 Å². The van der Waals surface area contributed by atoms with Crippen LogP contribution < -0.4 is 0 Å². The van der Waals surface area contributed by atoms with Crippen molar-refractivity contribution in [3.8, 4) is 0 Å². The molecule has 0 aliphatic rings. The average molecular weight is 842 g/mol. The molecule has 0 fully saturated rings. The molecule has 16 heteroatoms. The van der Waals surface area contributed by atoms with Gasteiger partial charge in [0.1, 0.15) is 17.1 Å². The van der Waals surface area contributed by atoms with Crippen LogP contribution in [0.5, 0.6) is 0 Å². The van der Waals surface area contributed by atoms with Crippen molar-refractivity contribution < 1.29 is 44.0 Å². The lowest BCUT2D eigenvalue weighted by Crippen LogP contribution is -1.97. The quantitative estimate of drug-likeness (QED) is 0.0751. The van der Waals surface area contributed by atoms with Gasteiger partial charge in [0.15, 0.2) is 0 Å². The molecule has 5 aromatic heterocycles. The van der Waals surface area contributed by atoms with Crippen molar-refractivity contribution >= 4 is 92.1 Å². The number of aromatic carboxylic acids is 4. The summed E-state index contributed by atoms with van der Waals surface area (Å²) in [4.78, 5) is 54.3. The number of carbonyl (C=O) groups is 4. The molecule has 8 aromatic rings. The number of aryl methyl sites for hydroxylation is 1. The molecule has 0 aliphatic carbocycles. The van der Waals surface area contributed by atoms with Gasteiger partial charge >= 0.3 is 23.9 Å². The highest BCUT2D eigenvalue weighted by Crippen LogP contribution is 2.33. The van der Waals surface area contributed by atoms with Crippen LogP contribution in [0.3, 0.4) is 0 Å². The number of thioether (sulfide) groups is 1. The average Bonchev–Trinajstić information content (AvgIpc) is 4.03. The number of hydrogen-bond donors (Lipinski definition) is 6. The Kier molecular flexibility index (Phi) is 14.7. The van der Waals surface area contributed by atoms with Gasteiger partial charge in [-0.3, -0.25) is 0 Å². The van der Waals surface area contributed by atoms with Crippen molar-refractivity contribution in [2.24, 2.45) is 0 Å². The van der Waals surface area contributed by atoms with Gasteiger partial charge in [0.05, 0.1) is 16.3 Å². The van der Waals surface area contributed by atoms with Crippen molar-refractivity contribution in [1.82, 2.24) is 15.0 Å². The molecule has 0 amide bonds. The van der Waals surface area contributed by atoms with E-state index in [1.54, 1.807) is 35.8 Å². The van der Waals surface area contributed by atoms with Crippen LogP contribution in [0.2, 0.25) is 5.02 Å². The fourth-order valence-electron chi connectivity index (χ4n) is 4.98. The third-order valence-electron chi connectivity index (χ3n) is 7.71. The van der Waals surface area contributed by atoms with Crippen molar-refractivity contribution in [3.63, 3.8) is 0 Å². The Bertz CT molecular complexity index is 2580. The number of benzene rings is 3. The molecule has 0 bridgehead atoms. The molecule has 0 saturated heterocycles. The van der Waals surface area contributed by atoms with Crippen LogP contribution in [-0.4, -0.2) is 59.3 Å². The zero-order valence-corrected chi connectivity index (χ0v) is 32.9. The highest BCUT2D eigenvalue weighted by Gasteiger charge is 2.13. The SMILES string of the molecule is Cc1c(C(=O)O)[nH]c2ccccc12.O=C(O)c1cc2ccccc2[nH]1.O=C(O)c1ccc(CSc2ccccn2)o1.O=C(O)c1cscc1Sc1ccc(Cl)cc1. The number of pyridine rings is 1. The maximum Gasteiger partial charge on any atom is 0.371 e. The Hall–Kier alpha value is -6.26. The van der Waals surface area contributed by atoms with Gasteiger partial charge in [0.25, 0.3) is 0 Å². The number of thiophene rings is 1. The molecular formula is C41H32ClN3O9S3. The second-order valence-corrected chi connectivity index (χ2v) is 14.9. The van der Waals surface area contributed by atoms with Gasteiger partial charge in [-0.1, -0.05) is 77.6 Å². The molecule has 0 saturated carbocycles. The molecule has 5 heterocycles. The molecule has 6 N–H and O–H groups in total. The molecule has 57 heavy (non-hydrogen) atoms. The van der Waals surface area contributed by atoms with Gasteiger partial charge in [0, 0.05) is 53.6 Å². The van der Waals surface area contributed by atoms with Gasteiger partial charge < -0.3 is 34.8 Å². The summed E-state index contributed by atoms with van der Waals surface area (Å²) in [6.45, 7) is 1.81. The molecule has 0 atom stereocenters. The number of nitrogens with one attached hydrogen (secondary N) is 2. The molecule has 0 unspecified atom stereocenters. The van der Waals surface area contributed by atoms with E-state index < -0.39 is 23.9 Å². The largest absolute Gasteiger partial charge is 0.478 e. The first-order chi connectivity index (χ1) is 27.4. The zero-order valence-electron chi connectivity index (χ0n) is 29.7. The van der Waals surface area contributed by atoms with E-state index in [0.29, 0.717) is 22.1 Å². The van der Waals surface area contributed by atoms with E-state index in [1.807, 2.05) is 91.2 Å². The first-order valence-corrected chi connectivity index (χ1v) is 19.7. The molecule has 0 aliphatic heterocycles. The second kappa shape index (κ2) is 20.1. The smallest absolute Gasteiger partial charge is 0.371 e. The van der Waals surface area contributed by atoms with Crippen LogP contribution in [0, 0.1) is 6.92 Å². The van der Waals surface area contributed by atoms with Gasteiger partial charge in [-0.15, -0.1) is 0 Å². The maximum atomic E-state index is 10.9. The van der Waals surface area contributed by atoms with Crippen LogP contribution in [-0.2, 0) is 5.75 Å². The highest BCUT2D eigenvalue weighted by atomic mass is 35.5. The number of rotatable bonds is 9. The summed E-state index contributed by atoms with van der Waals surface area (Å²) in [5, 5.41) is 42.0. The Morgan fingerprint density at radius 1 is 0.754 bits per heavy atom. The van der Waals surface area contributed by atoms with E-state index in [1.165, 1.54) is 40.9 Å². The topological polar surface area (TPSA) is 207 Å². The van der Waals surface area contributed by atoms with E-state index in [-0.39, 0.29) is 17.1 Å². The van der Waals surface area contributed by atoms with Gasteiger partial charge in [-0.05, 0) is 79.2 Å². The fourth-order valence-corrected chi connectivity index (χ4v) is 7.76. The van der Waals surface area contributed by atoms with Crippen molar-refractivity contribution in [1.29, 1.82) is 0 Å². The Labute approximate surface area is 342 Å². The van der Waals surface area contributed by atoms with Crippen molar-refractivity contribution in [2.45, 2.75) is 27.5 Å². The van der Waals surface area contributed by atoms with Crippen LogP contribution in [0.1, 0.15) is 53.2 Å². The highest BCUT2D eigenvalue weighted by molar-refractivity contribution is 7.99. The van der Waals surface area contributed by atoms with E-state index >= 15 is 0 Å². The van der Waals surface area contributed by atoms with Crippen LogP contribution >= 0.6 is 46.5 Å². The minimum absolute atomic E-state index is 0.0309. The van der Waals surface area contributed by atoms with E-state index in [2.05, 4.69) is 15.0 Å². The summed E-state index contributed by atoms with van der Waals surface area (Å²) in [7, 11) is 0. The number of carboxylic acid groups (broad SMARTS) is 4.